The normalized spacial score (nSPS) is 26.8. The van der Waals surface area contributed by atoms with Gasteiger partial charge in [0.05, 0.1) is 9.92 Å². The first-order valence-corrected chi connectivity index (χ1v) is 9.65. The number of hydrogen-bond donors (Lipinski definition) is 2. The van der Waals surface area contributed by atoms with Gasteiger partial charge in [-0.25, -0.2) is 13.1 Å². The van der Waals surface area contributed by atoms with Crippen molar-refractivity contribution in [1.82, 2.24) is 4.72 Å². The molecule has 0 radical (unpaired) electrons. The largest absolute Gasteiger partial charge is 0.329 e. The van der Waals surface area contributed by atoms with Gasteiger partial charge in [-0.3, -0.25) is 0 Å². The molecule has 2 unspecified atom stereocenters. The molecule has 0 amide bonds. The number of nitrogens with one attached hydrogen (secondary N) is 1. The molecule has 1 aromatic carbocycles. The summed E-state index contributed by atoms with van der Waals surface area (Å²) in [4.78, 5) is 0.198. The highest BCUT2D eigenvalue weighted by atomic mass is 79.9. The number of halogens is 2. The van der Waals surface area contributed by atoms with E-state index < -0.39 is 15.6 Å². The highest BCUT2D eigenvalue weighted by Crippen LogP contribution is 2.34. The highest BCUT2D eigenvalue weighted by molar-refractivity contribution is 9.10. The topological polar surface area (TPSA) is 72.2 Å². The number of nitrogens with two attached hydrogens (primary N) is 1. The summed E-state index contributed by atoms with van der Waals surface area (Å²) in [5.74, 6) is 0.224. The van der Waals surface area contributed by atoms with Crippen molar-refractivity contribution in [1.29, 1.82) is 0 Å². The molecule has 1 aliphatic carbocycles. The lowest BCUT2D eigenvalue weighted by Gasteiger charge is -2.42. The maximum atomic E-state index is 12.6. The molecule has 1 aliphatic rings. The molecule has 4 nitrogen and oxygen atoms in total. The average molecular weight is 396 g/mol. The van der Waals surface area contributed by atoms with Gasteiger partial charge < -0.3 is 5.73 Å². The van der Waals surface area contributed by atoms with Crippen molar-refractivity contribution in [3.63, 3.8) is 0 Å². The Morgan fingerprint density at radius 2 is 2.19 bits per heavy atom. The van der Waals surface area contributed by atoms with Crippen LogP contribution in [0.2, 0.25) is 5.02 Å². The summed E-state index contributed by atoms with van der Waals surface area (Å²) in [6.45, 7) is 2.37. The second-order valence-corrected chi connectivity index (χ2v) is 8.63. The summed E-state index contributed by atoms with van der Waals surface area (Å²) >= 11 is 9.18. The summed E-state index contributed by atoms with van der Waals surface area (Å²) < 4.78 is 28.7. The summed E-state index contributed by atoms with van der Waals surface area (Å²) in [7, 11) is -3.62. The average Bonchev–Trinajstić information content (AvgIpc) is 2.44. The smallest absolute Gasteiger partial charge is 0.241 e. The third-order valence-electron chi connectivity index (χ3n) is 4.36. The van der Waals surface area contributed by atoms with Gasteiger partial charge in [0, 0.05) is 16.6 Å². The maximum absolute atomic E-state index is 12.6. The minimum Gasteiger partial charge on any atom is -0.329 e. The lowest BCUT2D eigenvalue weighted by molar-refractivity contribution is 0.191. The fourth-order valence-electron chi connectivity index (χ4n) is 2.88. The first kappa shape index (κ1) is 17.2. The van der Waals surface area contributed by atoms with Crippen LogP contribution in [0.3, 0.4) is 0 Å². The zero-order valence-electron chi connectivity index (χ0n) is 11.9. The summed E-state index contributed by atoms with van der Waals surface area (Å²) in [5, 5.41) is 0.480. The van der Waals surface area contributed by atoms with Gasteiger partial charge in [-0.1, -0.05) is 31.4 Å². The summed E-state index contributed by atoms with van der Waals surface area (Å²) in [5.41, 5.74) is 5.36. The first-order chi connectivity index (χ1) is 9.81. The van der Waals surface area contributed by atoms with Gasteiger partial charge in [-0.15, -0.1) is 0 Å². The van der Waals surface area contributed by atoms with E-state index in [1.54, 1.807) is 6.07 Å². The monoisotopic (exact) mass is 394 g/mol. The van der Waals surface area contributed by atoms with E-state index in [1.165, 1.54) is 12.1 Å². The molecule has 0 aromatic heterocycles. The van der Waals surface area contributed by atoms with Crippen molar-refractivity contribution in [2.75, 3.05) is 6.54 Å². The molecule has 3 N–H and O–H groups in total. The number of sulfonamides is 1. The Balaban J connectivity index is 2.32. The molecule has 1 saturated carbocycles. The van der Waals surface area contributed by atoms with E-state index >= 15 is 0 Å². The standard InChI is InChI=1S/C14H20BrClN2O2S/c1-10-4-2-3-7-14(10,9-17)18-21(19,20)11-5-6-13(16)12(15)8-11/h5-6,8,10,18H,2-4,7,9,17H2,1H3. The van der Waals surface area contributed by atoms with Crippen molar-refractivity contribution in [3.8, 4) is 0 Å². The van der Waals surface area contributed by atoms with Crippen LogP contribution < -0.4 is 10.5 Å². The van der Waals surface area contributed by atoms with Crippen LogP contribution in [-0.2, 0) is 10.0 Å². The zero-order chi connectivity index (χ0) is 15.7. The van der Waals surface area contributed by atoms with Crippen LogP contribution in [0.25, 0.3) is 0 Å². The molecule has 0 saturated heterocycles. The van der Waals surface area contributed by atoms with Gasteiger partial charge in [-0.05, 0) is 52.9 Å². The van der Waals surface area contributed by atoms with Gasteiger partial charge in [0.15, 0.2) is 0 Å². The SMILES string of the molecule is CC1CCCCC1(CN)NS(=O)(=O)c1ccc(Cl)c(Br)c1. The Hall–Kier alpha value is -0.140. The van der Waals surface area contributed by atoms with Gasteiger partial charge in [0.2, 0.25) is 10.0 Å². The molecule has 1 fully saturated rings. The fraction of sp³-hybridized carbons (Fsp3) is 0.571. The lowest BCUT2D eigenvalue weighted by Crippen LogP contribution is -2.58. The van der Waals surface area contributed by atoms with Gasteiger partial charge >= 0.3 is 0 Å². The molecule has 0 bridgehead atoms. The predicted molar refractivity (Wildman–Crippen MR) is 88.9 cm³/mol. The molecule has 21 heavy (non-hydrogen) atoms. The molecule has 0 aliphatic heterocycles. The Morgan fingerprint density at radius 3 is 2.76 bits per heavy atom. The van der Waals surface area contributed by atoms with Gasteiger partial charge in [0.25, 0.3) is 0 Å². The molecular weight excluding hydrogens is 376 g/mol. The molecule has 118 valence electrons. The van der Waals surface area contributed by atoms with Crippen LogP contribution >= 0.6 is 27.5 Å². The van der Waals surface area contributed by atoms with Crippen molar-refractivity contribution in [3.05, 3.63) is 27.7 Å². The predicted octanol–water partition coefficient (Wildman–Crippen LogP) is 3.29. The second kappa shape index (κ2) is 6.54. The van der Waals surface area contributed by atoms with Gasteiger partial charge in [0.1, 0.15) is 0 Å². The molecule has 2 atom stereocenters. The van der Waals surface area contributed by atoms with Crippen LogP contribution in [-0.4, -0.2) is 20.5 Å². The Labute approximate surface area is 139 Å². The van der Waals surface area contributed by atoms with E-state index in [-0.39, 0.29) is 10.8 Å². The lowest BCUT2D eigenvalue weighted by atomic mass is 9.74. The first-order valence-electron chi connectivity index (χ1n) is 7.00. The highest BCUT2D eigenvalue weighted by Gasteiger charge is 2.40. The summed E-state index contributed by atoms with van der Waals surface area (Å²) in [6.07, 6.45) is 3.88. The van der Waals surface area contributed by atoms with E-state index in [9.17, 15) is 8.42 Å². The molecular formula is C14H20BrClN2O2S. The number of rotatable bonds is 4. The fourth-order valence-corrected chi connectivity index (χ4v) is 5.09. The van der Waals surface area contributed by atoms with Crippen LogP contribution in [0.5, 0.6) is 0 Å². The number of benzene rings is 1. The Morgan fingerprint density at radius 1 is 1.48 bits per heavy atom. The molecule has 7 heteroatoms. The Kier molecular flexibility index (Phi) is 5.36. The van der Waals surface area contributed by atoms with E-state index in [0.29, 0.717) is 16.0 Å². The van der Waals surface area contributed by atoms with Crippen LogP contribution in [0.4, 0.5) is 0 Å². The van der Waals surface area contributed by atoms with Gasteiger partial charge in [-0.2, -0.15) is 0 Å². The van der Waals surface area contributed by atoms with E-state index in [0.717, 1.165) is 25.7 Å². The molecule has 0 spiro atoms. The van der Waals surface area contributed by atoms with Crippen molar-refractivity contribution >= 4 is 37.6 Å². The maximum Gasteiger partial charge on any atom is 0.241 e. The molecule has 1 aromatic rings. The molecule has 0 heterocycles. The molecule has 2 rings (SSSR count). The van der Waals surface area contributed by atoms with Crippen molar-refractivity contribution < 1.29 is 8.42 Å². The third-order valence-corrected chi connectivity index (χ3v) is 7.12. The minimum absolute atomic E-state index is 0.198. The van der Waals surface area contributed by atoms with E-state index in [4.69, 9.17) is 17.3 Å². The number of hydrogen-bond acceptors (Lipinski definition) is 3. The van der Waals surface area contributed by atoms with E-state index in [1.807, 2.05) is 0 Å². The van der Waals surface area contributed by atoms with E-state index in [2.05, 4.69) is 27.6 Å². The third kappa shape index (κ3) is 3.62. The van der Waals surface area contributed by atoms with Crippen molar-refractivity contribution in [2.45, 2.75) is 43.0 Å². The quantitative estimate of drug-likeness (QED) is 0.821. The Bertz CT molecular complexity index is 623. The van der Waals surface area contributed by atoms with Crippen LogP contribution in [0.1, 0.15) is 32.6 Å². The minimum atomic E-state index is -3.62. The van der Waals surface area contributed by atoms with Crippen molar-refractivity contribution in [2.24, 2.45) is 11.7 Å². The second-order valence-electron chi connectivity index (χ2n) is 5.69. The summed E-state index contributed by atoms with van der Waals surface area (Å²) in [6, 6.07) is 4.59. The van der Waals surface area contributed by atoms with Crippen LogP contribution in [0, 0.1) is 5.92 Å². The van der Waals surface area contributed by atoms with Crippen LogP contribution in [0.15, 0.2) is 27.6 Å². The zero-order valence-corrected chi connectivity index (χ0v) is 15.1.